The molecule has 0 saturated heterocycles. The highest BCUT2D eigenvalue weighted by Crippen LogP contribution is 2.15. The van der Waals surface area contributed by atoms with Crippen molar-refractivity contribution < 1.29 is 5.11 Å². The van der Waals surface area contributed by atoms with Gasteiger partial charge in [0.15, 0.2) is 0 Å². The smallest absolute Gasteiger partial charge is 0.143 e. The van der Waals surface area contributed by atoms with Crippen LogP contribution in [0, 0.1) is 6.92 Å². The molecule has 0 unspecified atom stereocenters. The van der Waals surface area contributed by atoms with E-state index in [-0.39, 0.29) is 6.61 Å². The van der Waals surface area contributed by atoms with Crippen molar-refractivity contribution in [3.05, 3.63) is 35.8 Å². The summed E-state index contributed by atoms with van der Waals surface area (Å²) in [6, 6.07) is 8.09. The van der Waals surface area contributed by atoms with Crippen LogP contribution in [0.2, 0.25) is 0 Å². The topological polar surface area (TPSA) is 49.2 Å². The molecule has 0 radical (unpaired) electrons. The molecule has 20 heavy (non-hydrogen) atoms. The van der Waals surface area contributed by atoms with Crippen molar-refractivity contribution in [2.24, 2.45) is 0 Å². The SMILES string of the molecule is CCCCN(CCO)Cc1nc(C)c2ccccc2n1. The lowest BCUT2D eigenvalue weighted by atomic mass is 10.2. The van der Waals surface area contributed by atoms with Crippen LogP contribution >= 0.6 is 0 Å². The average molecular weight is 273 g/mol. The van der Waals surface area contributed by atoms with Crippen molar-refractivity contribution >= 4 is 10.9 Å². The van der Waals surface area contributed by atoms with E-state index >= 15 is 0 Å². The van der Waals surface area contributed by atoms with Crippen LogP contribution in [-0.2, 0) is 6.54 Å². The van der Waals surface area contributed by atoms with Gasteiger partial charge in [0.1, 0.15) is 5.82 Å². The van der Waals surface area contributed by atoms with Gasteiger partial charge in [0.25, 0.3) is 0 Å². The largest absolute Gasteiger partial charge is 0.395 e. The maximum Gasteiger partial charge on any atom is 0.143 e. The molecule has 0 bridgehead atoms. The van der Waals surface area contributed by atoms with Gasteiger partial charge in [-0.3, -0.25) is 4.90 Å². The highest BCUT2D eigenvalue weighted by molar-refractivity contribution is 5.80. The van der Waals surface area contributed by atoms with E-state index in [1.54, 1.807) is 0 Å². The highest BCUT2D eigenvalue weighted by Gasteiger charge is 2.09. The molecule has 1 heterocycles. The molecule has 0 aliphatic carbocycles. The molecular formula is C16H23N3O. The van der Waals surface area contributed by atoms with Crippen molar-refractivity contribution in [1.82, 2.24) is 14.9 Å². The Hall–Kier alpha value is -1.52. The van der Waals surface area contributed by atoms with E-state index < -0.39 is 0 Å². The van der Waals surface area contributed by atoms with E-state index in [4.69, 9.17) is 5.11 Å². The molecule has 0 fully saturated rings. The third-order valence-corrected chi connectivity index (χ3v) is 3.45. The first-order valence-corrected chi connectivity index (χ1v) is 7.30. The number of para-hydroxylation sites is 1. The quantitative estimate of drug-likeness (QED) is 0.842. The maximum atomic E-state index is 9.16. The summed E-state index contributed by atoms with van der Waals surface area (Å²) in [5.41, 5.74) is 2.01. The molecule has 108 valence electrons. The summed E-state index contributed by atoms with van der Waals surface area (Å²) in [5.74, 6) is 0.839. The molecule has 1 aromatic carbocycles. The van der Waals surface area contributed by atoms with E-state index in [0.717, 1.165) is 41.8 Å². The zero-order chi connectivity index (χ0) is 14.4. The predicted molar refractivity (Wildman–Crippen MR) is 81.5 cm³/mol. The minimum atomic E-state index is 0.177. The van der Waals surface area contributed by atoms with E-state index in [1.807, 2.05) is 25.1 Å². The maximum absolute atomic E-state index is 9.16. The van der Waals surface area contributed by atoms with Crippen LogP contribution in [0.5, 0.6) is 0 Å². The number of unbranched alkanes of at least 4 members (excludes halogenated alkanes) is 1. The van der Waals surface area contributed by atoms with E-state index in [9.17, 15) is 0 Å². The number of aryl methyl sites for hydroxylation is 1. The summed E-state index contributed by atoms with van der Waals surface area (Å²) >= 11 is 0. The van der Waals surface area contributed by atoms with Crippen molar-refractivity contribution in [2.75, 3.05) is 19.7 Å². The van der Waals surface area contributed by atoms with Crippen molar-refractivity contribution in [3.63, 3.8) is 0 Å². The highest BCUT2D eigenvalue weighted by atomic mass is 16.3. The van der Waals surface area contributed by atoms with E-state index in [1.165, 1.54) is 0 Å². The fraction of sp³-hybridized carbons (Fsp3) is 0.500. The number of nitrogens with zero attached hydrogens (tertiary/aromatic N) is 3. The Morgan fingerprint density at radius 2 is 1.95 bits per heavy atom. The Morgan fingerprint density at radius 3 is 2.70 bits per heavy atom. The second-order valence-corrected chi connectivity index (χ2v) is 5.10. The summed E-state index contributed by atoms with van der Waals surface area (Å²) in [6.45, 7) is 6.73. The molecular weight excluding hydrogens is 250 g/mol. The van der Waals surface area contributed by atoms with Crippen LogP contribution in [0.3, 0.4) is 0 Å². The fourth-order valence-corrected chi connectivity index (χ4v) is 2.36. The van der Waals surface area contributed by atoms with Gasteiger partial charge >= 0.3 is 0 Å². The monoisotopic (exact) mass is 273 g/mol. The standard InChI is InChI=1S/C16H23N3O/c1-3-4-9-19(10-11-20)12-16-17-13(2)14-7-5-6-8-15(14)18-16/h5-8,20H,3-4,9-12H2,1-2H3. The third kappa shape index (κ3) is 3.74. The van der Waals surface area contributed by atoms with Gasteiger partial charge in [0.05, 0.1) is 18.7 Å². The molecule has 0 saturated carbocycles. The number of hydrogen-bond acceptors (Lipinski definition) is 4. The molecule has 2 rings (SSSR count). The summed E-state index contributed by atoms with van der Waals surface area (Å²) in [4.78, 5) is 11.4. The van der Waals surface area contributed by atoms with E-state index in [2.05, 4.69) is 27.9 Å². The minimum Gasteiger partial charge on any atom is -0.395 e. The molecule has 0 amide bonds. The first-order chi connectivity index (χ1) is 9.74. The van der Waals surface area contributed by atoms with Crippen LogP contribution in [0.25, 0.3) is 10.9 Å². The minimum absolute atomic E-state index is 0.177. The number of rotatable bonds is 7. The van der Waals surface area contributed by atoms with Gasteiger partial charge in [-0.2, -0.15) is 0 Å². The second kappa shape index (κ2) is 7.31. The summed E-state index contributed by atoms with van der Waals surface area (Å²) in [5, 5.41) is 10.3. The number of aliphatic hydroxyl groups excluding tert-OH is 1. The molecule has 0 spiro atoms. The summed E-state index contributed by atoms with van der Waals surface area (Å²) in [6.07, 6.45) is 2.28. The van der Waals surface area contributed by atoms with Crippen LogP contribution in [0.4, 0.5) is 0 Å². The number of aliphatic hydroxyl groups is 1. The second-order valence-electron chi connectivity index (χ2n) is 5.10. The molecule has 0 aliphatic heterocycles. The lowest BCUT2D eigenvalue weighted by Gasteiger charge is -2.20. The predicted octanol–water partition coefficient (Wildman–Crippen LogP) is 2.53. The van der Waals surface area contributed by atoms with Crippen LogP contribution in [-0.4, -0.2) is 39.7 Å². The molecule has 0 aliphatic rings. The van der Waals surface area contributed by atoms with Crippen molar-refractivity contribution in [2.45, 2.75) is 33.2 Å². The molecule has 1 N–H and O–H groups in total. The number of fused-ring (bicyclic) bond motifs is 1. The van der Waals surface area contributed by atoms with Crippen molar-refractivity contribution in [1.29, 1.82) is 0 Å². The van der Waals surface area contributed by atoms with E-state index in [0.29, 0.717) is 13.1 Å². The molecule has 4 heteroatoms. The molecule has 4 nitrogen and oxygen atoms in total. The first-order valence-electron chi connectivity index (χ1n) is 7.30. The van der Waals surface area contributed by atoms with Crippen LogP contribution in [0.1, 0.15) is 31.3 Å². The number of hydrogen-bond donors (Lipinski definition) is 1. The Kier molecular flexibility index (Phi) is 5.44. The Morgan fingerprint density at radius 1 is 1.15 bits per heavy atom. The number of aromatic nitrogens is 2. The van der Waals surface area contributed by atoms with Crippen LogP contribution < -0.4 is 0 Å². The Bertz CT molecular complexity index is 556. The van der Waals surface area contributed by atoms with Gasteiger partial charge in [-0.25, -0.2) is 9.97 Å². The van der Waals surface area contributed by atoms with Crippen LogP contribution in [0.15, 0.2) is 24.3 Å². The van der Waals surface area contributed by atoms with Gasteiger partial charge in [-0.15, -0.1) is 0 Å². The first kappa shape index (κ1) is 14.9. The van der Waals surface area contributed by atoms with Gasteiger partial charge < -0.3 is 5.11 Å². The zero-order valence-corrected chi connectivity index (χ0v) is 12.3. The fourth-order valence-electron chi connectivity index (χ4n) is 2.36. The average Bonchev–Trinajstić information content (AvgIpc) is 2.45. The zero-order valence-electron chi connectivity index (χ0n) is 12.3. The van der Waals surface area contributed by atoms with Gasteiger partial charge in [0.2, 0.25) is 0 Å². The van der Waals surface area contributed by atoms with Gasteiger partial charge in [-0.05, 0) is 26.0 Å². The van der Waals surface area contributed by atoms with Gasteiger partial charge in [-0.1, -0.05) is 31.5 Å². The Balaban J connectivity index is 2.18. The Labute approximate surface area is 120 Å². The molecule has 1 aromatic heterocycles. The normalized spacial score (nSPS) is 11.4. The van der Waals surface area contributed by atoms with Crippen molar-refractivity contribution in [3.8, 4) is 0 Å². The lowest BCUT2D eigenvalue weighted by molar-refractivity contribution is 0.185. The van der Waals surface area contributed by atoms with Gasteiger partial charge in [0, 0.05) is 17.6 Å². The lowest BCUT2D eigenvalue weighted by Crippen LogP contribution is -2.28. The summed E-state index contributed by atoms with van der Waals surface area (Å²) in [7, 11) is 0. The summed E-state index contributed by atoms with van der Waals surface area (Å²) < 4.78 is 0. The number of benzene rings is 1. The molecule has 2 aromatic rings. The molecule has 0 atom stereocenters. The third-order valence-electron chi connectivity index (χ3n) is 3.45.